The fourth-order valence-corrected chi connectivity index (χ4v) is 5.01. The quantitative estimate of drug-likeness (QED) is 0.255. The molecule has 0 unspecified atom stereocenters. The first-order chi connectivity index (χ1) is 18.2. The minimum absolute atomic E-state index is 0.327. The Morgan fingerprint density at radius 1 is 0.838 bits per heavy atom. The smallest absolute Gasteiger partial charge is 0.161 e. The fourth-order valence-electron chi connectivity index (χ4n) is 4.10. The number of pyridine rings is 2. The predicted octanol–water partition coefficient (Wildman–Crippen LogP) is 7.28. The number of ether oxygens (including phenoxy) is 1. The number of nitrogens with one attached hydrogen (secondary N) is 1. The van der Waals surface area contributed by atoms with E-state index in [-0.39, 0.29) is 5.82 Å². The number of hydrogen-bond acceptors (Lipinski definition) is 7. The summed E-state index contributed by atoms with van der Waals surface area (Å²) in [7, 11) is 1.61. The number of anilines is 2. The van der Waals surface area contributed by atoms with Crippen molar-refractivity contribution in [2.24, 2.45) is 0 Å². The van der Waals surface area contributed by atoms with E-state index >= 15 is 0 Å². The van der Waals surface area contributed by atoms with Gasteiger partial charge in [0, 0.05) is 44.1 Å². The average Bonchev–Trinajstić information content (AvgIpc) is 2.94. The van der Waals surface area contributed by atoms with Crippen molar-refractivity contribution in [1.29, 1.82) is 0 Å². The van der Waals surface area contributed by atoms with Crippen molar-refractivity contribution < 1.29 is 9.13 Å². The highest BCUT2D eigenvalue weighted by Crippen LogP contribution is 2.35. The second-order valence-electron chi connectivity index (χ2n) is 8.23. The van der Waals surface area contributed by atoms with Gasteiger partial charge in [-0.05, 0) is 42.5 Å². The van der Waals surface area contributed by atoms with Crippen LogP contribution < -0.4 is 10.1 Å². The largest absolute Gasteiger partial charge is 0.495 e. The molecule has 0 atom stereocenters. The summed E-state index contributed by atoms with van der Waals surface area (Å²) in [6, 6.07) is 26.2. The van der Waals surface area contributed by atoms with Crippen LogP contribution in [0.4, 0.5) is 15.9 Å². The molecule has 3 aromatic carbocycles. The number of benzene rings is 3. The molecule has 3 heterocycles. The van der Waals surface area contributed by atoms with Crippen molar-refractivity contribution in [1.82, 2.24) is 20.2 Å². The van der Waals surface area contributed by atoms with Crippen molar-refractivity contribution >= 4 is 45.1 Å². The van der Waals surface area contributed by atoms with E-state index in [1.807, 2.05) is 60.7 Å². The van der Waals surface area contributed by atoms with Gasteiger partial charge in [-0.2, -0.15) is 0 Å². The maximum Gasteiger partial charge on any atom is 0.161 e. The van der Waals surface area contributed by atoms with Gasteiger partial charge in [0.2, 0.25) is 0 Å². The molecular formula is C29H20FN5OS. The number of hydrogen-bond donors (Lipinski definition) is 1. The van der Waals surface area contributed by atoms with Crippen LogP contribution in [0.15, 0.2) is 107 Å². The van der Waals surface area contributed by atoms with Crippen molar-refractivity contribution in [3.05, 3.63) is 103 Å². The van der Waals surface area contributed by atoms with Gasteiger partial charge in [0.1, 0.15) is 22.8 Å². The highest BCUT2D eigenvalue weighted by atomic mass is 32.2. The van der Waals surface area contributed by atoms with Crippen LogP contribution >= 0.6 is 11.8 Å². The van der Waals surface area contributed by atoms with E-state index in [0.29, 0.717) is 22.8 Å². The summed E-state index contributed by atoms with van der Waals surface area (Å²) in [6.45, 7) is 0. The van der Waals surface area contributed by atoms with E-state index in [2.05, 4.69) is 25.5 Å². The van der Waals surface area contributed by atoms with Crippen molar-refractivity contribution in [3.8, 4) is 17.0 Å². The first-order valence-corrected chi connectivity index (χ1v) is 12.4. The number of nitrogens with zero attached hydrogens (tertiary/aromatic N) is 4. The van der Waals surface area contributed by atoms with Crippen LogP contribution in [0.2, 0.25) is 0 Å². The zero-order chi connectivity index (χ0) is 25.2. The molecule has 6 aromatic rings. The molecule has 0 amide bonds. The predicted molar refractivity (Wildman–Crippen MR) is 145 cm³/mol. The molecule has 0 fully saturated rings. The lowest BCUT2D eigenvalue weighted by molar-refractivity contribution is 0.413. The molecule has 37 heavy (non-hydrogen) atoms. The number of methoxy groups -OCH3 is 1. The van der Waals surface area contributed by atoms with Crippen LogP contribution in [-0.4, -0.2) is 27.3 Å². The van der Waals surface area contributed by atoms with Gasteiger partial charge >= 0.3 is 0 Å². The number of rotatable bonds is 6. The molecule has 1 N–H and O–H groups in total. The van der Waals surface area contributed by atoms with Gasteiger partial charge in [-0.15, -0.1) is 10.2 Å². The molecule has 0 radical (unpaired) electrons. The highest BCUT2D eigenvalue weighted by molar-refractivity contribution is 7.99. The zero-order valence-electron chi connectivity index (χ0n) is 19.7. The molecule has 0 aliphatic heterocycles. The summed E-state index contributed by atoms with van der Waals surface area (Å²) < 4.78 is 19.7. The van der Waals surface area contributed by atoms with Crippen LogP contribution in [0, 0.1) is 5.82 Å². The summed E-state index contributed by atoms with van der Waals surface area (Å²) in [5.41, 5.74) is 3.42. The van der Waals surface area contributed by atoms with Gasteiger partial charge in [0.15, 0.2) is 5.82 Å². The lowest BCUT2D eigenvalue weighted by atomic mass is 10.0. The Labute approximate surface area is 216 Å². The van der Waals surface area contributed by atoms with Crippen LogP contribution in [0.3, 0.4) is 0 Å². The van der Waals surface area contributed by atoms with E-state index < -0.39 is 0 Å². The minimum Gasteiger partial charge on any atom is -0.495 e. The maximum absolute atomic E-state index is 14.5. The van der Waals surface area contributed by atoms with E-state index in [0.717, 1.165) is 37.3 Å². The van der Waals surface area contributed by atoms with Gasteiger partial charge in [-0.25, -0.2) is 9.37 Å². The lowest BCUT2D eigenvalue weighted by Gasteiger charge is -2.12. The Morgan fingerprint density at radius 2 is 1.62 bits per heavy atom. The van der Waals surface area contributed by atoms with Gasteiger partial charge in [0.25, 0.3) is 0 Å². The molecule has 6 rings (SSSR count). The number of fused-ring (bicyclic) bond motifs is 2. The van der Waals surface area contributed by atoms with Gasteiger partial charge in [-0.1, -0.05) is 48.2 Å². The average molecular weight is 506 g/mol. The van der Waals surface area contributed by atoms with Crippen LogP contribution in [-0.2, 0) is 0 Å². The van der Waals surface area contributed by atoms with Crippen LogP contribution in [0.1, 0.15) is 0 Å². The molecule has 0 spiro atoms. The number of halogens is 1. The Balaban J connectivity index is 1.27. The second kappa shape index (κ2) is 9.83. The Bertz CT molecular complexity index is 1740. The molecule has 0 bridgehead atoms. The van der Waals surface area contributed by atoms with Crippen LogP contribution in [0.25, 0.3) is 33.1 Å². The van der Waals surface area contributed by atoms with E-state index in [4.69, 9.17) is 4.74 Å². The Hall–Kier alpha value is -4.56. The number of aromatic nitrogens is 4. The molecule has 180 valence electrons. The van der Waals surface area contributed by atoms with Gasteiger partial charge in [0.05, 0.1) is 18.8 Å². The third-order valence-corrected chi connectivity index (χ3v) is 6.97. The molecular weight excluding hydrogens is 485 g/mol. The summed E-state index contributed by atoms with van der Waals surface area (Å²) in [6.07, 6.45) is 3.47. The van der Waals surface area contributed by atoms with Crippen molar-refractivity contribution in [3.63, 3.8) is 0 Å². The molecule has 8 heteroatoms. The maximum atomic E-state index is 14.5. The fraction of sp³-hybridized carbons (Fsp3) is 0.0345. The monoisotopic (exact) mass is 505 g/mol. The molecule has 6 nitrogen and oxygen atoms in total. The Morgan fingerprint density at radius 3 is 2.43 bits per heavy atom. The van der Waals surface area contributed by atoms with E-state index in [1.54, 1.807) is 49.5 Å². The highest BCUT2D eigenvalue weighted by Gasteiger charge is 2.14. The summed E-state index contributed by atoms with van der Waals surface area (Å²) >= 11 is 1.61. The molecule has 3 aromatic heterocycles. The van der Waals surface area contributed by atoms with Crippen LogP contribution in [0.5, 0.6) is 5.75 Å². The lowest BCUT2D eigenvalue weighted by Crippen LogP contribution is -2.00. The van der Waals surface area contributed by atoms with E-state index in [9.17, 15) is 4.39 Å². The summed E-state index contributed by atoms with van der Waals surface area (Å²) in [5, 5.41) is 13.8. The summed E-state index contributed by atoms with van der Waals surface area (Å²) in [5.74, 6) is 0.955. The van der Waals surface area contributed by atoms with Crippen molar-refractivity contribution in [2.75, 3.05) is 12.4 Å². The normalized spacial score (nSPS) is 11.1. The molecule has 0 saturated carbocycles. The standard InChI is InChI=1S/C29H20FN5OS/c1-36-19-16-25-28(32-17-19)26(14-15-31-25)37-20-12-10-18(11-13-20)33-29-22-7-3-2-6-21(22)27(34-35-29)23-8-4-5-9-24(23)30/h2-17H,1H3,(H,33,35). The summed E-state index contributed by atoms with van der Waals surface area (Å²) in [4.78, 5) is 11.0. The SMILES string of the molecule is COc1cnc2c(Sc3ccc(Nc4nnc(-c5ccccc5F)c5ccccc45)cc3)ccnc2c1. The topological polar surface area (TPSA) is 72.8 Å². The molecule has 0 aliphatic rings. The first-order valence-electron chi connectivity index (χ1n) is 11.5. The second-order valence-corrected chi connectivity index (χ2v) is 9.34. The minimum atomic E-state index is -0.327. The zero-order valence-corrected chi connectivity index (χ0v) is 20.5. The third-order valence-electron chi connectivity index (χ3n) is 5.91. The van der Waals surface area contributed by atoms with Gasteiger partial charge < -0.3 is 10.1 Å². The van der Waals surface area contributed by atoms with Crippen molar-refractivity contribution in [2.45, 2.75) is 9.79 Å². The first kappa shape index (κ1) is 22.9. The third kappa shape index (κ3) is 4.54. The van der Waals surface area contributed by atoms with E-state index in [1.165, 1.54) is 6.07 Å². The molecule has 0 aliphatic carbocycles. The Kier molecular flexibility index (Phi) is 6.08. The van der Waals surface area contributed by atoms with Gasteiger partial charge in [-0.3, -0.25) is 4.98 Å². The molecule has 0 saturated heterocycles.